The maximum absolute atomic E-state index is 13.9. The second kappa shape index (κ2) is 16.0. The topological polar surface area (TPSA) is 96.0 Å². The van der Waals surface area contributed by atoms with Crippen LogP contribution in [0, 0.1) is 5.92 Å². The van der Waals surface area contributed by atoms with Crippen LogP contribution in [0.15, 0.2) is 84.9 Å². The molecule has 0 aliphatic carbocycles. The van der Waals surface area contributed by atoms with Crippen molar-refractivity contribution < 1.29 is 22.7 Å². The highest BCUT2D eigenvalue weighted by Crippen LogP contribution is 2.30. The molecular formula is C33H43N3O5S. The first-order chi connectivity index (χ1) is 20.1. The van der Waals surface area contributed by atoms with Crippen molar-refractivity contribution in [1.82, 2.24) is 10.2 Å². The van der Waals surface area contributed by atoms with Gasteiger partial charge in [0.15, 0.2) is 0 Å². The molecule has 1 unspecified atom stereocenters. The van der Waals surface area contributed by atoms with Crippen LogP contribution >= 0.6 is 0 Å². The Morgan fingerprint density at radius 3 is 2.07 bits per heavy atom. The maximum atomic E-state index is 13.9. The molecule has 1 N–H and O–H groups in total. The number of carbonyl (C=O) groups is 2. The van der Waals surface area contributed by atoms with Gasteiger partial charge < -0.3 is 15.0 Å². The fraction of sp³-hybridized carbons (Fsp3) is 0.394. The molecule has 9 heteroatoms. The van der Waals surface area contributed by atoms with Crippen molar-refractivity contribution in [3.05, 3.63) is 96.1 Å². The standard InChI is InChI=1S/C33H43N3O5S/c1-5-41-31-20-13-12-19-29(31)36(42(4,39)40)22-14-21-32(37)35(25-28-17-10-7-11-18-28)30(33(38)34-24-26(2)3)23-27-15-8-6-9-16-27/h6-13,15-20,26,30H,5,14,21-25H2,1-4H3,(H,34,38). The van der Waals surface area contributed by atoms with Gasteiger partial charge in [-0.05, 0) is 42.5 Å². The van der Waals surface area contributed by atoms with E-state index in [4.69, 9.17) is 4.74 Å². The van der Waals surface area contributed by atoms with Gasteiger partial charge in [-0.25, -0.2) is 8.42 Å². The second-order valence-electron chi connectivity index (χ2n) is 10.7. The molecule has 0 bridgehead atoms. The fourth-order valence-electron chi connectivity index (χ4n) is 4.68. The van der Waals surface area contributed by atoms with Gasteiger partial charge in [0.1, 0.15) is 11.8 Å². The molecule has 1 atom stereocenters. The number of anilines is 1. The highest BCUT2D eigenvalue weighted by Gasteiger charge is 2.30. The minimum atomic E-state index is -3.65. The number of carbonyl (C=O) groups excluding carboxylic acids is 2. The van der Waals surface area contributed by atoms with Gasteiger partial charge in [-0.3, -0.25) is 13.9 Å². The van der Waals surface area contributed by atoms with E-state index in [1.165, 1.54) is 4.31 Å². The van der Waals surface area contributed by atoms with E-state index in [9.17, 15) is 18.0 Å². The van der Waals surface area contributed by atoms with Crippen molar-refractivity contribution in [1.29, 1.82) is 0 Å². The van der Waals surface area contributed by atoms with Crippen LogP contribution < -0.4 is 14.4 Å². The van der Waals surface area contributed by atoms with Gasteiger partial charge in [0.2, 0.25) is 21.8 Å². The normalized spacial score (nSPS) is 12.0. The average molecular weight is 594 g/mol. The van der Waals surface area contributed by atoms with E-state index in [0.717, 1.165) is 17.4 Å². The lowest BCUT2D eigenvalue weighted by Crippen LogP contribution is -2.51. The van der Waals surface area contributed by atoms with E-state index in [2.05, 4.69) is 5.32 Å². The summed E-state index contributed by atoms with van der Waals surface area (Å²) in [7, 11) is -3.65. The number of para-hydroxylation sites is 2. The lowest BCUT2D eigenvalue weighted by atomic mass is 10.0. The number of amides is 2. The zero-order chi connectivity index (χ0) is 30.5. The van der Waals surface area contributed by atoms with Crippen LogP contribution in [0.2, 0.25) is 0 Å². The highest BCUT2D eigenvalue weighted by molar-refractivity contribution is 7.92. The number of hydrogen-bond acceptors (Lipinski definition) is 5. The Morgan fingerprint density at radius 2 is 1.48 bits per heavy atom. The maximum Gasteiger partial charge on any atom is 0.243 e. The molecular weight excluding hydrogens is 550 g/mol. The molecule has 2 amide bonds. The first-order valence-corrected chi connectivity index (χ1v) is 16.3. The van der Waals surface area contributed by atoms with Gasteiger partial charge in [0, 0.05) is 32.5 Å². The molecule has 0 spiro atoms. The highest BCUT2D eigenvalue weighted by atomic mass is 32.2. The van der Waals surface area contributed by atoms with Crippen molar-refractivity contribution in [3.8, 4) is 5.75 Å². The third kappa shape index (κ3) is 9.91. The van der Waals surface area contributed by atoms with Crippen LogP contribution in [0.4, 0.5) is 5.69 Å². The molecule has 42 heavy (non-hydrogen) atoms. The molecule has 0 fully saturated rings. The monoisotopic (exact) mass is 593 g/mol. The summed E-state index contributed by atoms with van der Waals surface area (Å²) in [4.78, 5) is 29.1. The third-order valence-electron chi connectivity index (χ3n) is 6.74. The van der Waals surface area contributed by atoms with Gasteiger partial charge in [0.05, 0.1) is 18.6 Å². The number of ether oxygens (including phenoxy) is 1. The molecule has 0 saturated carbocycles. The second-order valence-corrected chi connectivity index (χ2v) is 12.6. The van der Waals surface area contributed by atoms with Gasteiger partial charge in [-0.15, -0.1) is 0 Å². The van der Waals surface area contributed by atoms with Crippen LogP contribution in [-0.4, -0.2) is 57.1 Å². The predicted octanol–water partition coefficient (Wildman–Crippen LogP) is 5.04. The minimum Gasteiger partial charge on any atom is -0.492 e. The van der Waals surface area contributed by atoms with E-state index in [0.29, 0.717) is 31.0 Å². The van der Waals surface area contributed by atoms with Crippen molar-refractivity contribution in [2.45, 2.75) is 52.6 Å². The molecule has 8 nitrogen and oxygen atoms in total. The summed E-state index contributed by atoms with van der Waals surface area (Å²) < 4.78 is 32.5. The van der Waals surface area contributed by atoms with Crippen molar-refractivity contribution >= 4 is 27.5 Å². The molecule has 0 heterocycles. The largest absolute Gasteiger partial charge is 0.492 e. The molecule has 3 rings (SSSR count). The third-order valence-corrected chi connectivity index (χ3v) is 7.92. The van der Waals surface area contributed by atoms with Gasteiger partial charge in [0.25, 0.3) is 0 Å². The number of nitrogens with zero attached hydrogens (tertiary/aromatic N) is 2. The number of benzene rings is 3. The summed E-state index contributed by atoms with van der Waals surface area (Å²) in [6, 6.07) is 25.5. The Morgan fingerprint density at radius 1 is 0.881 bits per heavy atom. The summed E-state index contributed by atoms with van der Waals surface area (Å²) in [6.07, 6.45) is 1.84. The van der Waals surface area contributed by atoms with Crippen molar-refractivity contribution in [2.75, 3.05) is 30.3 Å². The first kappa shape index (κ1) is 32.7. The molecule has 226 valence electrons. The lowest BCUT2D eigenvalue weighted by molar-refractivity contribution is -0.141. The zero-order valence-electron chi connectivity index (χ0n) is 25.0. The predicted molar refractivity (Wildman–Crippen MR) is 168 cm³/mol. The Kier molecular flexibility index (Phi) is 12.4. The summed E-state index contributed by atoms with van der Waals surface area (Å²) in [5, 5.41) is 3.02. The lowest BCUT2D eigenvalue weighted by Gasteiger charge is -2.32. The smallest absolute Gasteiger partial charge is 0.243 e. The molecule has 0 aromatic heterocycles. The van der Waals surface area contributed by atoms with Crippen LogP contribution in [0.5, 0.6) is 5.75 Å². The van der Waals surface area contributed by atoms with E-state index in [1.807, 2.05) is 81.4 Å². The van der Waals surface area contributed by atoms with Crippen LogP contribution in [0.3, 0.4) is 0 Å². The Labute approximate surface area is 250 Å². The van der Waals surface area contributed by atoms with E-state index in [-0.39, 0.29) is 43.7 Å². The number of nitrogens with one attached hydrogen (secondary N) is 1. The average Bonchev–Trinajstić information content (AvgIpc) is 2.97. The summed E-state index contributed by atoms with van der Waals surface area (Å²) in [5.41, 5.74) is 2.29. The van der Waals surface area contributed by atoms with E-state index >= 15 is 0 Å². The van der Waals surface area contributed by atoms with Crippen LogP contribution in [0.25, 0.3) is 0 Å². The minimum absolute atomic E-state index is 0.0679. The Balaban J connectivity index is 1.87. The Bertz CT molecular complexity index is 1380. The van der Waals surface area contributed by atoms with Crippen molar-refractivity contribution in [3.63, 3.8) is 0 Å². The van der Waals surface area contributed by atoms with Gasteiger partial charge in [-0.2, -0.15) is 0 Å². The molecule has 0 saturated heterocycles. The summed E-state index contributed by atoms with van der Waals surface area (Å²) >= 11 is 0. The Hall–Kier alpha value is -3.85. The zero-order valence-corrected chi connectivity index (χ0v) is 25.8. The van der Waals surface area contributed by atoms with Crippen LogP contribution in [0.1, 0.15) is 44.7 Å². The van der Waals surface area contributed by atoms with Crippen molar-refractivity contribution in [2.24, 2.45) is 5.92 Å². The number of sulfonamides is 1. The first-order valence-electron chi connectivity index (χ1n) is 14.4. The molecule has 0 aliphatic heterocycles. The van der Waals surface area contributed by atoms with Crippen LogP contribution in [-0.2, 0) is 32.6 Å². The molecule has 3 aromatic rings. The molecule has 0 aliphatic rings. The summed E-state index contributed by atoms with van der Waals surface area (Å²) in [6.45, 7) is 7.13. The molecule has 3 aromatic carbocycles. The SMILES string of the molecule is CCOc1ccccc1N(CCCC(=O)N(Cc1ccccc1)C(Cc1ccccc1)C(=O)NCC(C)C)S(C)(=O)=O. The van der Waals surface area contributed by atoms with E-state index in [1.54, 1.807) is 29.2 Å². The quantitative estimate of drug-likeness (QED) is 0.251. The summed E-state index contributed by atoms with van der Waals surface area (Å²) in [5.74, 6) is 0.296. The fourth-order valence-corrected chi connectivity index (χ4v) is 5.65. The number of hydrogen-bond donors (Lipinski definition) is 1. The molecule has 0 radical (unpaired) electrons. The van der Waals surface area contributed by atoms with E-state index < -0.39 is 16.1 Å². The number of rotatable bonds is 16. The van der Waals surface area contributed by atoms with Gasteiger partial charge in [-0.1, -0.05) is 86.6 Å². The van der Waals surface area contributed by atoms with Gasteiger partial charge >= 0.3 is 0 Å².